The molecule has 1 aromatic heterocycles. The molecule has 0 radical (unpaired) electrons. The highest BCUT2D eigenvalue weighted by atomic mass is 16.3. The van der Waals surface area contributed by atoms with E-state index in [9.17, 15) is 5.11 Å². The highest BCUT2D eigenvalue weighted by Crippen LogP contribution is 2.09. The summed E-state index contributed by atoms with van der Waals surface area (Å²) in [5.74, 6) is 1.08. The van der Waals surface area contributed by atoms with Crippen molar-refractivity contribution in [3.63, 3.8) is 0 Å². The lowest BCUT2D eigenvalue weighted by atomic mass is 10.0. The van der Waals surface area contributed by atoms with Crippen LogP contribution in [0.4, 0.5) is 0 Å². The van der Waals surface area contributed by atoms with Crippen molar-refractivity contribution in [2.24, 2.45) is 13.0 Å². The minimum absolute atomic E-state index is 0.216. The van der Waals surface area contributed by atoms with E-state index in [-0.39, 0.29) is 6.10 Å². The second-order valence-corrected chi connectivity index (χ2v) is 3.90. The number of aliphatic hydroxyl groups is 1. The first-order chi connectivity index (χ1) is 6.59. The van der Waals surface area contributed by atoms with Crippen molar-refractivity contribution in [3.05, 3.63) is 5.82 Å². The molecule has 0 bridgehead atoms. The van der Waals surface area contributed by atoms with Gasteiger partial charge in [0.2, 0.25) is 0 Å². The molecule has 1 atom stereocenters. The zero-order valence-electron chi connectivity index (χ0n) is 9.01. The number of nitrogens with zero attached hydrogens (tertiary/aromatic N) is 4. The summed E-state index contributed by atoms with van der Waals surface area (Å²) in [6.45, 7) is 4.04. The van der Waals surface area contributed by atoms with Crippen molar-refractivity contribution in [2.75, 3.05) is 0 Å². The van der Waals surface area contributed by atoms with Crippen LogP contribution in [0, 0.1) is 5.92 Å². The summed E-state index contributed by atoms with van der Waals surface area (Å²) >= 11 is 0. The van der Waals surface area contributed by atoms with Crippen LogP contribution in [0.5, 0.6) is 0 Å². The Bertz CT molecular complexity index is 272. The molecule has 5 heteroatoms. The van der Waals surface area contributed by atoms with Gasteiger partial charge in [-0.2, -0.15) is 4.80 Å². The first-order valence-electron chi connectivity index (χ1n) is 5.00. The highest BCUT2D eigenvalue weighted by molar-refractivity contribution is 4.77. The molecule has 5 nitrogen and oxygen atoms in total. The lowest BCUT2D eigenvalue weighted by Gasteiger charge is -2.12. The Morgan fingerprint density at radius 3 is 2.64 bits per heavy atom. The lowest BCUT2D eigenvalue weighted by molar-refractivity contribution is 0.114. The van der Waals surface area contributed by atoms with Crippen LogP contribution in [-0.4, -0.2) is 31.4 Å². The Morgan fingerprint density at radius 1 is 1.43 bits per heavy atom. The van der Waals surface area contributed by atoms with Crippen molar-refractivity contribution in [3.8, 4) is 0 Å². The Kier molecular flexibility index (Phi) is 4.00. The standard InChI is InChI=1S/C9H18N4O/c1-7(2)8(14)5-4-6-9-10-12-13(3)11-9/h7-8,14H,4-6H2,1-3H3. The van der Waals surface area contributed by atoms with Gasteiger partial charge in [-0.05, 0) is 24.0 Å². The molecule has 1 aromatic rings. The summed E-state index contributed by atoms with van der Waals surface area (Å²) < 4.78 is 0. The molecule has 0 fully saturated rings. The SMILES string of the molecule is CC(C)C(O)CCCc1nnn(C)n1. The zero-order chi connectivity index (χ0) is 10.6. The quantitative estimate of drug-likeness (QED) is 0.750. The van der Waals surface area contributed by atoms with E-state index in [1.165, 1.54) is 4.80 Å². The molecule has 0 aliphatic carbocycles. The van der Waals surface area contributed by atoms with Gasteiger partial charge in [-0.15, -0.1) is 10.2 Å². The van der Waals surface area contributed by atoms with Crippen molar-refractivity contribution in [1.82, 2.24) is 20.2 Å². The summed E-state index contributed by atoms with van der Waals surface area (Å²) in [7, 11) is 1.75. The monoisotopic (exact) mass is 198 g/mol. The van der Waals surface area contributed by atoms with Gasteiger partial charge in [0, 0.05) is 6.42 Å². The van der Waals surface area contributed by atoms with Gasteiger partial charge in [0.1, 0.15) is 0 Å². The average Bonchev–Trinajstić information content (AvgIpc) is 2.51. The van der Waals surface area contributed by atoms with Crippen molar-refractivity contribution in [2.45, 2.75) is 39.2 Å². The molecule has 0 amide bonds. The first-order valence-corrected chi connectivity index (χ1v) is 5.00. The van der Waals surface area contributed by atoms with Crippen LogP contribution in [0.2, 0.25) is 0 Å². The van der Waals surface area contributed by atoms with Crippen molar-refractivity contribution >= 4 is 0 Å². The molecule has 1 heterocycles. The van der Waals surface area contributed by atoms with Crippen LogP contribution in [-0.2, 0) is 13.5 Å². The number of hydrogen-bond donors (Lipinski definition) is 1. The Balaban J connectivity index is 2.22. The smallest absolute Gasteiger partial charge is 0.174 e. The van der Waals surface area contributed by atoms with Crippen molar-refractivity contribution in [1.29, 1.82) is 0 Å². The maximum absolute atomic E-state index is 9.55. The average molecular weight is 198 g/mol. The third kappa shape index (κ3) is 3.41. The first kappa shape index (κ1) is 11.1. The molecule has 14 heavy (non-hydrogen) atoms. The van der Waals surface area contributed by atoms with Gasteiger partial charge in [-0.25, -0.2) is 0 Å². The molecular weight excluding hydrogens is 180 g/mol. The van der Waals surface area contributed by atoms with Gasteiger partial charge in [-0.3, -0.25) is 0 Å². The van der Waals surface area contributed by atoms with Crippen LogP contribution in [0.25, 0.3) is 0 Å². The zero-order valence-corrected chi connectivity index (χ0v) is 9.01. The van der Waals surface area contributed by atoms with Gasteiger partial charge in [0.05, 0.1) is 13.2 Å². The minimum atomic E-state index is -0.216. The molecule has 0 aliphatic heterocycles. The normalized spacial score (nSPS) is 13.5. The fraction of sp³-hybridized carbons (Fsp3) is 0.889. The summed E-state index contributed by atoms with van der Waals surface area (Å²) in [5, 5.41) is 21.2. The van der Waals surface area contributed by atoms with Gasteiger partial charge >= 0.3 is 0 Å². The summed E-state index contributed by atoms with van der Waals surface area (Å²) in [6, 6.07) is 0. The molecule has 1 rings (SSSR count). The third-order valence-electron chi connectivity index (χ3n) is 2.22. The number of rotatable bonds is 5. The largest absolute Gasteiger partial charge is 0.393 e. The van der Waals surface area contributed by atoms with E-state index in [1.807, 2.05) is 13.8 Å². The topological polar surface area (TPSA) is 63.8 Å². The number of aryl methyl sites for hydroxylation is 2. The van der Waals surface area contributed by atoms with Gasteiger partial charge in [0.15, 0.2) is 5.82 Å². The number of aliphatic hydroxyl groups excluding tert-OH is 1. The molecular formula is C9H18N4O. The molecule has 0 spiro atoms. The molecule has 0 aromatic carbocycles. The second-order valence-electron chi connectivity index (χ2n) is 3.90. The Morgan fingerprint density at radius 2 is 2.14 bits per heavy atom. The molecule has 0 saturated heterocycles. The van der Waals surface area contributed by atoms with Crippen LogP contribution in [0.15, 0.2) is 0 Å². The van der Waals surface area contributed by atoms with E-state index in [2.05, 4.69) is 15.4 Å². The molecule has 1 unspecified atom stereocenters. The fourth-order valence-corrected chi connectivity index (χ4v) is 1.23. The summed E-state index contributed by atoms with van der Waals surface area (Å²) in [5.41, 5.74) is 0. The lowest BCUT2D eigenvalue weighted by Crippen LogP contribution is -2.14. The van der Waals surface area contributed by atoms with Crippen LogP contribution >= 0.6 is 0 Å². The van der Waals surface area contributed by atoms with Crippen LogP contribution < -0.4 is 0 Å². The van der Waals surface area contributed by atoms with E-state index in [0.717, 1.165) is 25.1 Å². The van der Waals surface area contributed by atoms with Gasteiger partial charge in [-0.1, -0.05) is 13.8 Å². The number of aromatic nitrogens is 4. The Hall–Kier alpha value is -0.970. The predicted octanol–water partition coefficient (Wildman–Crippen LogP) is 0.550. The highest BCUT2D eigenvalue weighted by Gasteiger charge is 2.09. The predicted molar refractivity (Wildman–Crippen MR) is 52.6 cm³/mol. The maximum Gasteiger partial charge on any atom is 0.174 e. The molecule has 0 aliphatic rings. The molecule has 80 valence electrons. The van der Waals surface area contributed by atoms with E-state index in [1.54, 1.807) is 7.05 Å². The van der Waals surface area contributed by atoms with Gasteiger partial charge in [0.25, 0.3) is 0 Å². The number of tetrazole rings is 1. The summed E-state index contributed by atoms with van der Waals surface area (Å²) in [6.07, 6.45) is 2.28. The van der Waals surface area contributed by atoms with E-state index < -0.39 is 0 Å². The molecule has 1 N–H and O–H groups in total. The number of hydrogen-bond acceptors (Lipinski definition) is 4. The van der Waals surface area contributed by atoms with E-state index in [4.69, 9.17) is 0 Å². The third-order valence-corrected chi connectivity index (χ3v) is 2.22. The second kappa shape index (κ2) is 5.05. The van der Waals surface area contributed by atoms with Crippen LogP contribution in [0.1, 0.15) is 32.5 Å². The van der Waals surface area contributed by atoms with E-state index in [0.29, 0.717) is 5.92 Å². The minimum Gasteiger partial charge on any atom is -0.393 e. The fourth-order valence-electron chi connectivity index (χ4n) is 1.23. The van der Waals surface area contributed by atoms with Crippen LogP contribution in [0.3, 0.4) is 0 Å². The Labute approximate surface area is 84.1 Å². The van der Waals surface area contributed by atoms with E-state index >= 15 is 0 Å². The van der Waals surface area contributed by atoms with Gasteiger partial charge < -0.3 is 5.11 Å². The maximum atomic E-state index is 9.55. The van der Waals surface area contributed by atoms with Crippen molar-refractivity contribution < 1.29 is 5.11 Å². The summed E-state index contributed by atoms with van der Waals surface area (Å²) in [4.78, 5) is 1.45. The molecule has 0 saturated carbocycles.